The number of esters is 1. The third kappa shape index (κ3) is 4.66. The number of aromatic nitrogens is 6. The van der Waals surface area contributed by atoms with Crippen molar-refractivity contribution in [2.75, 3.05) is 6.61 Å². The zero-order chi connectivity index (χ0) is 21.6. The smallest absolute Gasteiger partial charge is 0.341 e. The molecule has 0 fully saturated rings. The highest BCUT2D eigenvalue weighted by atomic mass is 16.5. The lowest BCUT2D eigenvalue weighted by Gasteiger charge is -2.11. The SMILES string of the molecule is CC(C)c1c(C(=O)OCCCc2nc(-c3cccnc3)no2)cnn1-c1ccccn1. The average molecular weight is 418 g/mol. The van der Waals surface area contributed by atoms with Gasteiger partial charge in [0.2, 0.25) is 11.7 Å². The molecule has 9 heteroatoms. The molecule has 0 bridgehead atoms. The van der Waals surface area contributed by atoms with Crippen LogP contribution in [0.3, 0.4) is 0 Å². The van der Waals surface area contributed by atoms with Crippen LogP contribution in [0, 0.1) is 0 Å². The van der Waals surface area contributed by atoms with Crippen molar-refractivity contribution in [3.8, 4) is 17.2 Å². The third-order valence-corrected chi connectivity index (χ3v) is 4.60. The van der Waals surface area contributed by atoms with Crippen molar-refractivity contribution >= 4 is 5.97 Å². The van der Waals surface area contributed by atoms with Gasteiger partial charge in [-0.25, -0.2) is 14.5 Å². The largest absolute Gasteiger partial charge is 0.462 e. The molecular formula is C22H22N6O3. The predicted octanol–water partition coefficient (Wildman–Crippen LogP) is 3.63. The number of hydrogen-bond donors (Lipinski definition) is 0. The van der Waals surface area contributed by atoms with Crippen molar-refractivity contribution < 1.29 is 14.1 Å². The molecule has 0 amide bonds. The number of aryl methyl sites for hydroxylation is 1. The molecule has 4 aromatic heterocycles. The lowest BCUT2D eigenvalue weighted by molar-refractivity contribution is 0.0496. The van der Waals surface area contributed by atoms with Gasteiger partial charge in [0, 0.05) is 30.6 Å². The van der Waals surface area contributed by atoms with Gasteiger partial charge in [-0.15, -0.1) is 0 Å². The standard InChI is InChI=1S/C22H22N6O3/c1-15(2)20-17(14-25-28(20)18-8-3-4-11-24-18)22(29)30-12-6-9-19-26-21(27-31-19)16-7-5-10-23-13-16/h3-5,7-8,10-11,13-15H,6,9,12H2,1-2H3. The van der Waals surface area contributed by atoms with E-state index in [2.05, 4.69) is 25.2 Å². The molecule has 0 aliphatic carbocycles. The summed E-state index contributed by atoms with van der Waals surface area (Å²) in [4.78, 5) is 25.4. The summed E-state index contributed by atoms with van der Waals surface area (Å²) in [6.45, 7) is 4.24. The molecule has 0 saturated heterocycles. The van der Waals surface area contributed by atoms with Gasteiger partial charge < -0.3 is 9.26 Å². The topological polar surface area (TPSA) is 109 Å². The molecule has 4 heterocycles. The molecule has 0 unspecified atom stereocenters. The van der Waals surface area contributed by atoms with E-state index in [4.69, 9.17) is 9.26 Å². The molecule has 0 aliphatic rings. The van der Waals surface area contributed by atoms with E-state index < -0.39 is 5.97 Å². The minimum absolute atomic E-state index is 0.0661. The Morgan fingerprint density at radius 1 is 1.16 bits per heavy atom. The molecule has 0 aromatic carbocycles. The summed E-state index contributed by atoms with van der Waals surface area (Å²) in [6, 6.07) is 9.23. The van der Waals surface area contributed by atoms with Crippen molar-refractivity contribution in [2.45, 2.75) is 32.6 Å². The third-order valence-electron chi connectivity index (χ3n) is 4.60. The first kappa shape index (κ1) is 20.4. The van der Waals surface area contributed by atoms with Gasteiger partial charge in [-0.3, -0.25) is 4.98 Å². The number of pyridine rings is 2. The minimum atomic E-state index is -0.410. The number of carbonyl (C=O) groups excluding carboxylic acids is 1. The second-order valence-corrected chi connectivity index (χ2v) is 7.19. The van der Waals surface area contributed by atoms with Crippen molar-refractivity contribution in [1.82, 2.24) is 29.9 Å². The van der Waals surface area contributed by atoms with Crippen LogP contribution in [-0.2, 0) is 11.2 Å². The highest BCUT2D eigenvalue weighted by Crippen LogP contribution is 2.23. The number of rotatable bonds is 8. The molecule has 31 heavy (non-hydrogen) atoms. The molecule has 0 radical (unpaired) electrons. The van der Waals surface area contributed by atoms with E-state index in [1.807, 2.05) is 44.2 Å². The Bertz CT molecular complexity index is 1140. The molecule has 0 aliphatic heterocycles. The number of nitrogens with zero attached hydrogens (tertiary/aromatic N) is 6. The van der Waals surface area contributed by atoms with Gasteiger partial charge in [-0.2, -0.15) is 10.1 Å². The Labute approximate surface area is 179 Å². The summed E-state index contributed by atoms with van der Waals surface area (Å²) in [7, 11) is 0. The Kier molecular flexibility index (Phi) is 6.11. The van der Waals surface area contributed by atoms with Crippen LogP contribution in [0.4, 0.5) is 0 Å². The van der Waals surface area contributed by atoms with Crippen LogP contribution >= 0.6 is 0 Å². The lowest BCUT2D eigenvalue weighted by atomic mass is 10.1. The van der Waals surface area contributed by atoms with E-state index in [0.29, 0.717) is 35.9 Å². The van der Waals surface area contributed by atoms with E-state index >= 15 is 0 Å². The van der Waals surface area contributed by atoms with Crippen molar-refractivity contribution in [1.29, 1.82) is 0 Å². The Morgan fingerprint density at radius 3 is 2.81 bits per heavy atom. The molecular weight excluding hydrogens is 396 g/mol. The van der Waals surface area contributed by atoms with Gasteiger partial charge >= 0.3 is 5.97 Å². The van der Waals surface area contributed by atoms with Gasteiger partial charge in [0.1, 0.15) is 5.56 Å². The second kappa shape index (κ2) is 9.29. The summed E-state index contributed by atoms with van der Waals surface area (Å²) >= 11 is 0. The first-order chi connectivity index (χ1) is 15.1. The van der Waals surface area contributed by atoms with Crippen molar-refractivity contribution in [3.05, 3.63) is 72.3 Å². The van der Waals surface area contributed by atoms with Gasteiger partial charge in [0.05, 0.1) is 18.5 Å². The lowest BCUT2D eigenvalue weighted by Crippen LogP contribution is -2.12. The molecule has 4 rings (SSSR count). The predicted molar refractivity (Wildman–Crippen MR) is 112 cm³/mol. The molecule has 4 aromatic rings. The molecule has 0 N–H and O–H groups in total. The Morgan fingerprint density at radius 2 is 2.06 bits per heavy atom. The van der Waals surface area contributed by atoms with Crippen molar-refractivity contribution in [2.24, 2.45) is 0 Å². The fourth-order valence-corrected chi connectivity index (χ4v) is 3.17. The quantitative estimate of drug-likeness (QED) is 0.315. The van der Waals surface area contributed by atoms with Crippen LogP contribution in [0.5, 0.6) is 0 Å². The van der Waals surface area contributed by atoms with E-state index in [1.165, 1.54) is 6.20 Å². The molecule has 0 saturated carbocycles. The van der Waals surface area contributed by atoms with Crippen LogP contribution in [-0.4, -0.2) is 42.5 Å². The van der Waals surface area contributed by atoms with Crippen LogP contribution in [0.2, 0.25) is 0 Å². The van der Waals surface area contributed by atoms with Gasteiger partial charge in [0.25, 0.3) is 0 Å². The molecule has 9 nitrogen and oxygen atoms in total. The van der Waals surface area contributed by atoms with Crippen LogP contribution in [0.1, 0.15) is 48.1 Å². The van der Waals surface area contributed by atoms with E-state index in [0.717, 1.165) is 11.3 Å². The molecule has 0 atom stereocenters. The zero-order valence-electron chi connectivity index (χ0n) is 17.3. The minimum Gasteiger partial charge on any atom is -0.462 e. The average Bonchev–Trinajstić information content (AvgIpc) is 3.45. The monoisotopic (exact) mass is 418 g/mol. The fourth-order valence-electron chi connectivity index (χ4n) is 3.17. The van der Waals surface area contributed by atoms with Crippen molar-refractivity contribution in [3.63, 3.8) is 0 Å². The van der Waals surface area contributed by atoms with E-state index in [-0.39, 0.29) is 12.5 Å². The van der Waals surface area contributed by atoms with Gasteiger partial charge in [-0.1, -0.05) is 25.1 Å². The fraction of sp³-hybridized carbons (Fsp3) is 0.273. The number of ether oxygens (including phenoxy) is 1. The van der Waals surface area contributed by atoms with Gasteiger partial charge in [-0.05, 0) is 36.6 Å². The second-order valence-electron chi connectivity index (χ2n) is 7.19. The van der Waals surface area contributed by atoms with E-state index in [1.54, 1.807) is 23.3 Å². The van der Waals surface area contributed by atoms with E-state index in [9.17, 15) is 4.79 Å². The summed E-state index contributed by atoms with van der Waals surface area (Å²) in [6.07, 6.45) is 7.65. The van der Waals surface area contributed by atoms with Gasteiger partial charge in [0.15, 0.2) is 5.82 Å². The summed E-state index contributed by atoms with van der Waals surface area (Å²) in [5.74, 6) is 1.29. The summed E-state index contributed by atoms with van der Waals surface area (Å²) in [5, 5.41) is 8.31. The summed E-state index contributed by atoms with van der Waals surface area (Å²) in [5.41, 5.74) is 1.99. The van der Waals surface area contributed by atoms with Crippen LogP contribution < -0.4 is 0 Å². The maximum Gasteiger partial charge on any atom is 0.341 e. The summed E-state index contributed by atoms with van der Waals surface area (Å²) < 4.78 is 12.4. The number of carbonyl (C=O) groups is 1. The zero-order valence-corrected chi connectivity index (χ0v) is 17.3. The highest BCUT2D eigenvalue weighted by molar-refractivity contribution is 5.90. The Hall–Kier alpha value is -3.88. The Balaban J connectivity index is 1.35. The first-order valence-electron chi connectivity index (χ1n) is 10.0. The first-order valence-corrected chi connectivity index (χ1v) is 10.0. The van der Waals surface area contributed by atoms with Crippen LogP contribution in [0.15, 0.2) is 59.6 Å². The normalized spacial score (nSPS) is 11.1. The molecule has 0 spiro atoms. The highest BCUT2D eigenvalue weighted by Gasteiger charge is 2.22. The maximum absolute atomic E-state index is 12.7. The number of hydrogen-bond acceptors (Lipinski definition) is 8. The maximum atomic E-state index is 12.7. The molecule has 158 valence electrons. The van der Waals surface area contributed by atoms with Crippen LogP contribution in [0.25, 0.3) is 17.2 Å².